The Morgan fingerprint density at radius 3 is 2.40 bits per heavy atom. The van der Waals surface area contributed by atoms with E-state index in [4.69, 9.17) is 11.6 Å². The third kappa shape index (κ3) is 6.41. The topological polar surface area (TPSA) is 23.6 Å². The van der Waals surface area contributed by atoms with Gasteiger partial charge in [-0.2, -0.15) is 0 Å². The number of ketones is 1. The summed E-state index contributed by atoms with van der Waals surface area (Å²) in [7, 11) is 4.22. The van der Waals surface area contributed by atoms with Crippen LogP contribution in [0.15, 0.2) is 24.3 Å². The normalized spacial score (nSPS) is 16.8. The van der Waals surface area contributed by atoms with Gasteiger partial charge in [-0.3, -0.25) is 4.79 Å². The Balaban J connectivity index is 0.00000288. The molecule has 0 unspecified atom stereocenters. The molecular formula is C19H31Cl3N2O. The summed E-state index contributed by atoms with van der Waals surface area (Å²) in [6.07, 6.45) is 3.58. The van der Waals surface area contributed by atoms with Gasteiger partial charge in [0, 0.05) is 11.4 Å². The maximum absolute atomic E-state index is 12.7. The summed E-state index contributed by atoms with van der Waals surface area (Å²) < 4.78 is 0. The molecule has 1 aliphatic rings. The molecule has 0 amide bonds. The van der Waals surface area contributed by atoms with Crippen molar-refractivity contribution in [2.24, 2.45) is 0 Å². The number of likely N-dealkylation sites (tertiary alicyclic amines) is 1. The molecule has 1 aromatic rings. The Labute approximate surface area is 169 Å². The predicted molar refractivity (Wildman–Crippen MR) is 112 cm³/mol. The van der Waals surface area contributed by atoms with Crippen molar-refractivity contribution in [3.8, 4) is 0 Å². The minimum Gasteiger partial charge on any atom is -0.309 e. The number of rotatable bonds is 7. The second-order valence-corrected chi connectivity index (χ2v) is 7.30. The number of nitrogens with zero attached hydrogens (tertiary/aromatic N) is 2. The van der Waals surface area contributed by atoms with Crippen LogP contribution in [0.1, 0.15) is 38.2 Å². The lowest BCUT2D eigenvalue weighted by Crippen LogP contribution is -2.47. The second kappa shape index (κ2) is 11.4. The molecule has 6 heteroatoms. The first-order chi connectivity index (χ1) is 11.0. The monoisotopic (exact) mass is 408 g/mol. The fraction of sp³-hybridized carbons (Fsp3) is 0.632. The Hall–Kier alpha value is -0.320. The van der Waals surface area contributed by atoms with Crippen LogP contribution in [0.5, 0.6) is 0 Å². The second-order valence-electron chi connectivity index (χ2n) is 6.87. The van der Waals surface area contributed by atoms with Crippen LogP contribution < -0.4 is 0 Å². The minimum absolute atomic E-state index is 0. The maximum atomic E-state index is 12.7. The highest BCUT2D eigenvalue weighted by Gasteiger charge is 2.41. The van der Waals surface area contributed by atoms with Crippen molar-refractivity contribution < 1.29 is 4.79 Å². The zero-order chi connectivity index (χ0) is 16.9. The van der Waals surface area contributed by atoms with Gasteiger partial charge in [0.05, 0.1) is 5.41 Å². The fourth-order valence-electron chi connectivity index (χ4n) is 3.62. The molecule has 1 aliphatic heterocycles. The van der Waals surface area contributed by atoms with E-state index in [1.54, 1.807) is 0 Å². The fourth-order valence-corrected chi connectivity index (χ4v) is 3.81. The summed E-state index contributed by atoms with van der Waals surface area (Å²) in [4.78, 5) is 17.5. The quantitative estimate of drug-likeness (QED) is 0.665. The van der Waals surface area contributed by atoms with E-state index in [9.17, 15) is 4.79 Å². The van der Waals surface area contributed by atoms with Crippen LogP contribution >= 0.6 is 36.4 Å². The first-order valence-corrected chi connectivity index (χ1v) is 9.02. The van der Waals surface area contributed by atoms with Gasteiger partial charge in [-0.1, -0.05) is 30.7 Å². The third-order valence-corrected chi connectivity index (χ3v) is 5.26. The lowest BCUT2D eigenvalue weighted by molar-refractivity contribution is -0.126. The van der Waals surface area contributed by atoms with Crippen LogP contribution in [0, 0.1) is 0 Å². The average Bonchev–Trinajstić information content (AvgIpc) is 2.54. The van der Waals surface area contributed by atoms with Crippen molar-refractivity contribution >= 4 is 42.2 Å². The molecule has 0 aromatic heterocycles. The molecule has 1 aromatic carbocycles. The summed E-state index contributed by atoms with van der Waals surface area (Å²) >= 11 is 6.17. The summed E-state index contributed by atoms with van der Waals surface area (Å²) in [5.41, 5.74) is 0.766. The predicted octanol–water partition coefficient (Wildman–Crippen LogP) is 4.45. The molecule has 0 saturated carbocycles. The first-order valence-electron chi connectivity index (χ1n) is 8.64. The summed E-state index contributed by atoms with van der Waals surface area (Å²) in [6.45, 7) is 6.18. The number of halogens is 3. The molecule has 1 saturated heterocycles. The van der Waals surface area contributed by atoms with Gasteiger partial charge in [0.2, 0.25) is 0 Å². The molecule has 25 heavy (non-hydrogen) atoms. The van der Waals surface area contributed by atoms with Crippen LogP contribution in [-0.2, 0) is 10.2 Å². The van der Waals surface area contributed by atoms with E-state index in [2.05, 4.69) is 30.0 Å². The molecule has 144 valence electrons. The Morgan fingerprint density at radius 2 is 1.88 bits per heavy atom. The molecule has 0 N–H and O–H groups in total. The lowest BCUT2D eigenvalue weighted by Gasteiger charge is -2.41. The molecule has 1 fully saturated rings. The number of Topliss-reactive ketones (excluding diaryl/α,β-unsaturated/α-hetero) is 1. The SMILES string of the molecule is CCC(=O)C1(c2cccc(Cl)c2)CCN(CCCN(C)C)CC1.Cl.Cl. The van der Waals surface area contributed by atoms with Crippen LogP contribution in [0.25, 0.3) is 0 Å². The van der Waals surface area contributed by atoms with Gasteiger partial charge in [0.15, 0.2) is 0 Å². The van der Waals surface area contributed by atoms with Gasteiger partial charge in [0.25, 0.3) is 0 Å². The third-order valence-electron chi connectivity index (χ3n) is 5.02. The molecule has 3 nitrogen and oxygen atoms in total. The number of carbonyl (C=O) groups excluding carboxylic acids is 1. The smallest absolute Gasteiger partial charge is 0.143 e. The van der Waals surface area contributed by atoms with Gasteiger partial charge >= 0.3 is 0 Å². The molecule has 0 atom stereocenters. The Kier molecular flexibility index (Phi) is 11.3. The summed E-state index contributed by atoms with van der Waals surface area (Å²) in [6, 6.07) is 7.90. The van der Waals surface area contributed by atoms with Crippen LogP contribution in [0.2, 0.25) is 5.02 Å². The van der Waals surface area contributed by atoms with Crippen LogP contribution in [-0.4, -0.2) is 55.9 Å². The van der Waals surface area contributed by atoms with E-state index < -0.39 is 0 Å². The standard InChI is InChI=1S/C19H29ClN2O.2ClH/c1-4-18(23)19(16-7-5-8-17(20)15-16)9-13-22(14-10-19)12-6-11-21(2)3;;/h5,7-8,15H,4,6,9-14H2,1-3H3;2*1H. The lowest BCUT2D eigenvalue weighted by atomic mass is 9.69. The summed E-state index contributed by atoms with van der Waals surface area (Å²) in [5.74, 6) is 0.354. The number of hydrogen-bond acceptors (Lipinski definition) is 3. The van der Waals surface area contributed by atoms with Crippen molar-refractivity contribution in [2.75, 3.05) is 40.3 Å². The van der Waals surface area contributed by atoms with Crippen LogP contribution in [0.4, 0.5) is 0 Å². The van der Waals surface area contributed by atoms with Crippen molar-refractivity contribution in [1.29, 1.82) is 0 Å². The van der Waals surface area contributed by atoms with E-state index >= 15 is 0 Å². The van der Waals surface area contributed by atoms with Gasteiger partial charge in [-0.15, -0.1) is 24.8 Å². The zero-order valence-electron chi connectivity index (χ0n) is 15.5. The van der Waals surface area contributed by atoms with Crippen molar-refractivity contribution in [3.63, 3.8) is 0 Å². The molecule has 0 radical (unpaired) electrons. The van der Waals surface area contributed by atoms with Gasteiger partial charge in [-0.05, 0) is 77.2 Å². The van der Waals surface area contributed by atoms with E-state index in [0.29, 0.717) is 12.2 Å². The Bertz CT molecular complexity index is 529. The first kappa shape index (κ1) is 24.7. The average molecular weight is 410 g/mol. The highest BCUT2D eigenvalue weighted by molar-refractivity contribution is 6.30. The largest absolute Gasteiger partial charge is 0.309 e. The highest BCUT2D eigenvalue weighted by Crippen LogP contribution is 2.38. The zero-order valence-corrected chi connectivity index (χ0v) is 17.9. The van der Waals surface area contributed by atoms with E-state index in [1.165, 1.54) is 6.42 Å². The van der Waals surface area contributed by atoms with Gasteiger partial charge < -0.3 is 9.80 Å². The summed E-state index contributed by atoms with van der Waals surface area (Å²) in [5, 5.41) is 0.721. The minimum atomic E-state index is -0.336. The van der Waals surface area contributed by atoms with Crippen molar-refractivity contribution in [3.05, 3.63) is 34.9 Å². The van der Waals surface area contributed by atoms with Crippen LogP contribution in [0.3, 0.4) is 0 Å². The molecule has 0 bridgehead atoms. The van der Waals surface area contributed by atoms with E-state index in [1.807, 2.05) is 25.1 Å². The molecule has 0 aliphatic carbocycles. The maximum Gasteiger partial charge on any atom is 0.143 e. The number of carbonyl (C=O) groups is 1. The van der Waals surface area contributed by atoms with Crippen molar-refractivity contribution in [1.82, 2.24) is 9.80 Å². The molecule has 2 rings (SSSR count). The van der Waals surface area contributed by atoms with Gasteiger partial charge in [-0.25, -0.2) is 0 Å². The highest BCUT2D eigenvalue weighted by atomic mass is 35.5. The molecule has 0 spiro atoms. The van der Waals surface area contributed by atoms with E-state index in [-0.39, 0.29) is 30.2 Å². The molecular weight excluding hydrogens is 379 g/mol. The Morgan fingerprint density at radius 1 is 1.24 bits per heavy atom. The van der Waals surface area contributed by atoms with Gasteiger partial charge in [0.1, 0.15) is 5.78 Å². The number of piperidine rings is 1. The van der Waals surface area contributed by atoms with E-state index in [0.717, 1.165) is 49.6 Å². The number of hydrogen-bond donors (Lipinski definition) is 0. The van der Waals surface area contributed by atoms with Crippen molar-refractivity contribution in [2.45, 2.75) is 38.0 Å². The number of benzene rings is 1. The molecule has 1 heterocycles.